The first-order chi connectivity index (χ1) is 10.4. The second-order valence-corrected chi connectivity index (χ2v) is 7.48. The summed E-state index contributed by atoms with van der Waals surface area (Å²) in [6.45, 7) is 9.90. The smallest absolute Gasteiger partial charge is 0.0223 e. The fourth-order valence-corrected chi connectivity index (χ4v) is 4.86. The molecule has 0 bridgehead atoms. The van der Waals surface area contributed by atoms with Gasteiger partial charge in [-0.25, -0.2) is 0 Å². The van der Waals surface area contributed by atoms with Crippen molar-refractivity contribution >= 4 is 0 Å². The van der Waals surface area contributed by atoms with Crippen LogP contribution in [-0.2, 0) is 0 Å². The topological polar surface area (TPSA) is 18.5 Å². The van der Waals surface area contributed by atoms with Gasteiger partial charge in [0.15, 0.2) is 0 Å². The summed E-state index contributed by atoms with van der Waals surface area (Å²) < 4.78 is 0. The summed E-state index contributed by atoms with van der Waals surface area (Å²) in [5, 5.41) is 3.78. The van der Waals surface area contributed by atoms with E-state index in [1.54, 1.807) is 0 Å². The number of rotatable bonds is 6. The molecule has 0 aromatic rings. The number of likely N-dealkylation sites (N-methyl/N-ethyl adjacent to an activating group) is 1. The third-order valence-electron chi connectivity index (χ3n) is 6.14. The van der Waals surface area contributed by atoms with E-state index in [-0.39, 0.29) is 0 Å². The Kier molecular flexibility index (Phi) is 5.96. The van der Waals surface area contributed by atoms with Gasteiger partial charge in [0.25, 0.3) is 0 Å². The molecule has 0 spiro atoms. The minimum Gasteiger partial charge on any atom is -0.313 e. The first kappa shape index (κ1) is 15.8. The normalized spacial score (nSPS) is 28.4. The molecule has 0 radical (unpaired) electrons. The van der Waals surface area contributed by atoms with Crippen molar-refractivity contribution in [2.45, 2.75) is 70.4 Å². The summed E-state index contributed by atoms with van der Waals surface area (Å²) in [6.07, 6.45) is 11.7. The Hall–Kier alpha value is -0.120. The lowest BCUT2D eigenvalue weighted by atomic mass is 9.97. The summed E-state index contributed by atoms with van der Waals surface area (Å²) >= 11 is 0. The molecule has 3 heteroatoms. The van der Waals surface area contributed by atoms with Crippen LogP contribution < -0.4 is 5.32 Å². The van der Waals surface area contributed by atoms with Crippen LogP contribution in [0.3, 0.4) is 0 Å². The number of piperazine rings is 1. The number of nitrogens with zero attached hydrogens (tertiary/aromatic N) is 2. The van der Waals surface area contributed by atoms with Crippen LogP contribution in [-0.4, -0.2) is 61.2 Å². The van der Waals surface area contributed by atoms with E-state index < -0.39 is 0 Å². The predicted octanol–water partition coefficient (Wildman–Crippen LogP) is 2.71. The molecule has 1 heterocycles. The Labute approximate surface area is 131 Å². The zero-order chi connectivity index (χ0) is 14.5. The maximum atomic E-state index is 3.78. The van der Waals surface area contributed by atoms with E-state index in [1.807, 2.05) is 0 Å². The second-order valence-electron chi connectivity index (χ2n) is 7.48. The number of hydrogen-bond donors (Lipinski definition) is 1. The van der Waals surface area contributed by atoms with Gasteiger partial charge in [-0.15, -0.1) is 0 Å². The molecule has 0 aromatic carbocycles. The number of nitrogens with one attached hydrogen (secondary N) is 1. The van der Waals surface area contributed by atoms with E-state index in [1.165, 1.54) is 84.1 Å². The van der Waals surface area contributed by atoms with Gasteiger partial charge in [-0.05, 0) is 38.1 Å². The van der Waals surface area contributed by atoms with E-state index in [2.05, 4.69) is 22.0 Å². The Morgan fingerprint density at radius 1 is 0.905 bits per heavy atom. The van der Waals surface area contributed by atoms with Crippen LogP contribution in [0.4, 0.5) is 0 Å². The van der Waals surface area contributed by atoms with Gasteiger partial charge < -0.3 is 5.32 Å². The van der Waals surface area contributed by atoms with E-state index >= 15 is 0 Å². The fraction of sp³-hybridized carbons (Fsp3) is 1.00. The van der Waals surface area contributed by atoms with Gasteiger partial charge in [-0.3, -0.25) is 9.80 Å². The lowest BCUT2D eigenvalue weighted by Crippen LogP contribution is -2.53. The molecule has 3 fully saturated rings. The average Bonchev–Trinajstić information content (AvgIpc) is 3.21. The van der Waals surface area contributed by atoms with Crippen molar-refractivity contribution in [2.75, 3.05) is 39.3 Å². The molecule has 2 aliphatic carbocycles. The zero-order valence-electron chi connectivity index (χ0n) is 14.0. The monoisotopic (exact) mass is 293 g/mol. The predicted molar refractivity (Wildman–Crippen MR) is 89.7 cm³/mol. The highest BCUT2D eigenvalue weighted by Crippen LogP contribution is 2.29. The molecule has 3 aliphatic rings. The van der Waals surface area contributed by atoms with Crippen LogP contribution in [0.1, 0.15) is 58.3 Å². The highest BCUT2D eigenvalue weighted by Gasteiger charge is 2.29. The van der Waals surface area contributed by atoms with Crippen molar-refractivity contribution in [3.63, 3.8) is 0 Å². The van der Waals surface area contributed by atoms with E-state index in [0.29, 0.717) is 0 Å². The SMILES string of the molecule is CCNC(CN1CCN(C2CCCC2)CC1)C1CCCC1. The van der Waals surface area contributed by atoms with Gasteiger partial charge in [0, 0.05) is 44.8 Å². The Balaban J connectivity index is 1.44. The Morgan fingerprint density at radius 3 is 2.14 bits per heavy atom. The Morgan fingerprint density at radius 2 is 1.52 bits per heavy atom. The molecule has 2 saturated carbocycles. The third kappa shape index (κ3) is 4.20. The molecule has 0 amide bonds. The van der Waals surface area contributed by atoms with Crippen LogP contribution in [0.5, 0.6) is 0 Å². The zero-order valence-corrected chi connectivity index (χ0v) is 14.0. The van der Waals surface area contributed by atoms with E-state index in [0.717, 1.165) is 24.5 Å². The molecule has 21 heavy (non-hydrogen) atoms. The summed E-state index contributed by atoms with van der Waals surface area (Å²) in [4.78, 5) is 5.51. The van der Waals surface area contributed by atoms with Gasteiger partial charge in [-0.1, -0.05) is 32.6 Å². The van der Waals surface area contributed by atoms with Crippen LogP contribution in [0.25, 0.3) is 0 Å². The standard InChI is InChI=1S/C18H35N3/c1-2-19-18(16-7-3-4-8-16)15-20-11-13-21(14-12-20)17-9-5-6-10-17/h16-19H,2-15H2,1H3. The van der Waals surface area contributed by atoms with Crippen LogP contribution in [0, 0.1) is 5.92 Å². The minimum absolute atomic E-state index is 0.746. The van der Waals surface area contributed by atoms with Crippen molar-refractivity contribution in [2.24, 2.45) is 5.92 Å². The molecule has 1 unspecified atom stereocenters. The van der Waals surface area contributed by atoms with Gasteiger partial charge in [0.2, 0.25) is 0 Å². The third-order valence-corrected chi connectivity index (χ3v) is 6.14. The molecule has 1 atom stereocenters. The van der Waals surface area contributed by atoms with Gasteiger partial charge >= 0.3 is 0 Å². The van der Waals surface area contributed by atoms with E-state index in [4.69, 9.17) is 0 Å². The molecule has 3 rings (SSSR count). The first-order valence-electron chi connectivity index (χ1n) is 9.56. The molecular weight excluding hydrogens is 258 g/mol. The van der Waals surface area contributed by atoms with Crippen molar-refractivity contribution < 1.29 is 0 Å². The van der Waals surface area contributed by atoms with Gasteiger partial charge in [-0.2, -0.15) is 0 Å². The maximum absolute atomic E-state index is 3.78. The van der Waals surface area contributed by atoms with Gasteiger partial charge in [0.1, 0.15) is 0 Å². The summed E-state index contributed by atoms with van der Waals surface area (Å²) in [7, 11) is 0. The van der Waals surface area contributed by atoms with Gasteiger partial charge in [0.05, 0.1) is 0 Å². The maximum Gasteiger partial charge on any atom is 0.0223 e. The lowest BCUT2D eigenvalue weighted by molar-refractivity contribution is 0.0858. The molecule has 1 N–H and O–H groups in total. The van der Waals surface area contributed by atoms with Crippen LogP contribution in [0.2, 0.25) is 0 Å². The Bertz CT molecular complexity index is 287. The minimum atomic E-state index is 0.746. The van der Waals surface area contributed by atoms with Crippen molar-refractivity contribution in [1.82, 2.24) is 15.1 Å². The van der Waals surface area contributed by atoms with E-state index in [9.17, 15) is 0 Å². The highest BCUT2D eigenvalue weighted by atomic mass is 15.3. The molecule has 3 nitrogen and oxygen atoms in total. The van der Waals surface area contributed by atoms with Crippen LogP contribution >= 0.6 is 0 Å². The van der Waals surface area contributed by atoms with Crippen molar-refractivity contribution in [3.8, 4) is 0 Å². The van der Waals surface area contributed by atoms with Crippen LogP contribution in [0.15, 0.2) is 0 Å². The molecule has 1 aliphatic heterocycles. The molecular formula is C18H35N3. The molecule has 1 saturated heterocycles. The second kappa shape index (κ2) is 7.94. The number of hydrogen-bond acceptors (Lipinski definition) is 3. The summed E-state index contributed by atoms with van der Waals surface area (Å²) in [6, 6.07) is 1.67. The first-order valence-corrected chi connectivity index (χ1v) is 9.56. The molecule has 0 aromatic heterocycles. The molecule has 122 valence electrons. The average molecular weight is 293 g/mol. The highest BCUT2D eigenvalue weighted by molar-refractivity contribution is 4.86. The largest absolute Gasteiger partial charge is 0.313 e. The van der Waals surface area contributed by atoms with Crippen molar-refractivity contribution in [1.29, 1.82) is 0 Å². The fourth-order valence-electron chi connectivity index (χ4n) is 4.86. The summed E-state index contributed by atoms with van der Waals surface area (Å²) in [5.74, 6) is 0.942. The lowest BCUT2D eigenvalue weighted by Gasteiger charge is -2.40. The van der Waals surface area contributed by atoms with Crippen molar-refractivity contribution in [3.05, 3.63) is 0 Å². The summed E-state index contributed by atoms with van der Waals surface area (Å²) in [5.41, 5.74) is 0. The quantitative estimate of drug-likeness (QED) is 0.812.